The molecule has 0 spiro atoms. The molecule has 1 fully saturated rings. The van der Waals surface area contributed by atoms with E-state index in [1.165, 1.54) is 6.07 Å². The van der Waals surface area contributed by atoms with Crippen molar-refractivity contribution in [3.63, 3.8) is 0 Å². The van der Waals surface area contributed by atoms with Crippen molar-refractivity contribution in [3.8, 4) is 0 Å². The van der Waals surface area contributed by atoms with E-state index in [-0.39, 0.29) is 17.7 Å². The van der Waals surface area contributed by atoms with E-state index in [1.807, 2.05) is 13.0 Å². The summed E-state index contributed by atoms with van der Waals surface area (Å²) in [5, 5.41) is 2.73. The van der Waals surface area contributed by atoms with Gasteiger partial charge in [-0.1, -0.05) is 31.0 Å². The number of amides is 1. The highest BCUT2D eigenvalue weighted by Gasteiger charge is 2.53. The first-order chi connectivity index (χ1) is 13.6. The van der Waals surface area contributed by atoms with Gasteiger partial charge in [-0.25, -0.2) is 17.2 Å². The van der Waals surface area contributed by atoms with Gasteiger partial charge in [0.15, 0.2) is 26.2 Å². The number of carbonyl (C=O) groups excluding carboxylic acids is 1. The van der Waals surface area contributed by atoms with E-state index in [4.69, 9.17) is 0 Å². The van der Waals surface area contributed by atoms with Gasteiger partial charge in [0.1, 0.15) is 0 Å². The molecule has 1 atom stereocenters. The molecule has 2 aromatic carbocycles. The van der Waals surface area contributed by atoms with Crippen LogP contribution in [-0.2, 0) is 14.6 Å². The number of aryl methyl sites for hydroxylation is 2. The van der Waals surface area contributed by atoms with Gasteiger partial charge in [0.05, 0.1) is 10.9 Å². The molecule has 0 saturated heterocycles. The van der Waals surface area contributed by atoms with Crippen LogP contribution in [0.5, 0.6) is 0 Å². The molecule has 7 heteroatoms. The van der Waals surface area contributed by atoms with E-state index in [9.17, 15) is 22.0 Å². The molecule has 1 saturated carbocycles. The highest BCUT2D eigenvalue weighted by atomic mass is 32.2. The first-order valence-electron chi connectivity index (χ1n) is 9.66. The molecule has 3 rings (SSSR count). The van der Waals surface area contributed by atoms with Gasteiger partial charge in [-0.15, -0.1) is 0 Å². The van der Waals surface area contributed by atoms with Crippen LogP contribution < -0.4 is 5.32 Å². The fraction of sp³-hybridized carbons (Fsp3) is 0.409. The lowest BCUT2D eigenvalue weighted by molar-refractivity contribution is -0.124. The number of sulfone groups is 1. The van der Waals surface area contributed by atoms with Crippen molar-refractivity contribution >= 4 is 15.7 Å². The van der Waals surface area contributed by atoms with Crippen LogP contribution in [0.3, 0.4) is 0 Å². The Labute approximate surface area is 170 Å². The SMILES string of the molecule is Cc1ccc(C)c(S(=O)(=O)C2(C(=O)NC(C)c3ccc(F)c(F)c3)CCCC2)c1. The third-order valence-corrected chi connectivity index (χ3v) is 8.41. The molecule has 0 radical (unpaired) electrons. The first kappa shape index (κ1) is 21.4. The molecule has 1 aliphatic carbocycles. The normalized spacial score (nSPS) is 17.1. The van der Waals surface area contributed by atoms with Gasteiger partial charge < -0.3 is 5.32 Å². The van der Waals surface area contributed by atoms with Crippen LogP contribution in [0.15, 0.2) is 41.3 Å². The van der Waals surface area contributed by atoms with Crippen LogP contribution in [0.25, 0.3) is 0 Å². The Morgan fingerprint density at radius 2 is 1.69 bits per heavy atom. The molecule has 2 aromatic rings. The van der Waals surface area contributed by atoms with Gasteiger partial charge in [0, 0.05) is 0 Å². The molecular formula is C22H25F2NO3S. The minimum atomic E-state index is -3.94. The number of hydrogen-bond acceptors (Lipinski definition) is 3. The van der Waals surface area contributed by atoms with Crippen molar-refractivity contribution < 1.29 is 22.0 Å². The van der Waals surface area contributed by atoms with Gasteiger partial charge in [0.25, 0.3) is 0 Å². The zero-order chi connectivity index (χ0) is 21.4. The Morgan fingerprint density at radius 3 is 2.31 bits per heavy atom. The summed E-state index contributed by atoms with van der Waals surface area (Å²) in [4.78, 5) is 13.4. The van der Waals surface area contributed by atoms with Gasteiger partial charge in [-0.3, -0.25) is 4.79 Å². The van der Waals surface area contributed by atoms with Gasteiger partial charge in [0.2, 0.25) is 5.91 Å². The Balaban J connectivity index is 1.96. The monoisotopic (exact) mass is 421 g/mol. The van der Waals surface area contributed by atoms with Crippen molar-refractivity contribution in [2.75, 3.05) is 0 Å². The maximum Gasteiger partial charge on any atom is 0.242 e. The first-order valence-corrected chi connectivity index (χ1v) is 11.1. The molecule has 1 N–H and O–H groups in total. The number of nitrogens with one attached hydrogen (secondary N) is 1. The van der Waals surface area contributed by atoms with Crippen LogP contribution >= 0.6 is 0 Å². The molecule has 156 valence electrons. The lowest BCUT2D eigenvalue weighted by atomic mass is 10.0. The Morgan fingerprint density at radius 1 is 1.03 bits per heavy atom. The average molecular weight is 422 g/mol. The average Bonchev–Trinajstić information content (AvgIpc) is 3.17. The molecular weight excluding hydrogens is 396 g/mol. The summed E-state index contributed by atoms with van der Waals surface area (Å²) in [5.41, 5.74) is 1.77. The summed E-state index contributed by atoms with van der Waals surface area (Å²) in [6.07, 6.45) is 1.74. The van der Waals surface area contributed by atoms with Crippen molar-refractivity contribution in [2.24, 2.45) is 0 Å². The second kappa shape index (κ2) is 7.86. The van der Waals surface area contributed by atoms with Crippen molar-refractivity contribution in [3.05, 3.63) is 64.7 Å². The second-order valence-electron chi connectivity index (χ2n) is 7.84. The van der Waals surface area contributed by atoms with E-state index in [2.05, 4.69) is 5.32 Å². The van der Waals surface area contributed by atoms with E-state index in [1.54, 1.807) is 26.0 Å². The molecule has 0 aromatic heterocycles. The van der Waals surface area contributed by atoms with Crippen molar-refractivity contribution in [1.82, 2.24) is 5.32 Å². The Bertz CT molecular complexity index is 1040. The summed E-state index contributed by atoms with van der Waals surface area (Å²) in [6, 6.07) is 7.91. The second-order valence-corrected chi connectivity index (χ2v) is 10.1. The summed E-state index contributed by atoms with van der Waals surface area (Å²) in [7, 11) is -3.94. The lowest BCUT2D eigenvalue weighted by Gasteiger charge is -2.30. The standard InChI is InChI=1S/C22H25F2NO3S/c1-14-6-7-15(2)20(12-14)29(27,28)22(10-4-5-11-22)21(26)25-16(3)17-8-9-18(23)19(24)13-17/h6-9,12-13,16H,4-5,10-11H2,1-3H3,(H,25,26). The minimum absolute atomic E-state index is 0.176. The third kappa shape index (κ3) is 3.80. The Kier molecular flexibility index (Phi) is 5.81. The van der Waals surface area contributed by atoms with Crippen LogP contribution in [0.2, 0.25) is 0 Å². The molecule has 0 heterocycles. The minimum Gasteiger partial charge on any atom is -0.348 e. The number of carbonyl (C=O) groups is 1. The predicted molar refractivity (Wildman–Crippen MR) is 107 cm³/mol. The van der Waals surface area contributed by atoms with Crippen LogP contribution in [-0.4, -0.2) is 19.1 Å². The zero-order valence-corrected chi connectivity index (χ0v) is 17.6. The largest absolute Gasteiger partial charge is 0.348 e. The van der Waals surface area contributed by atoms with Gasteiger partial charge in [-0.2, -0.15) is 0 Å². The number of hydrogen-bond donors (Lipinski definition) is 1. The van der Waals surface area contributed by atoms with E-state index < -0.39 is 38.2 Å². The maximum atomic E-state index is 13.6. The molecule has 1 unspecified atom stereocenters. The topological polar surface area (TPSA) is 63.2 Å². The molecule has 4 nitrogen and oxygen atoms in total. The van der Waals surface area contributed by atoms with E-state index in [0.717, 1.165) is 17.7 Å². The predicted octanol–water partition coefficient (Wildman–Crippen LogP) is 4.55. The molecule has 0 bridgehead atoms. The summed E-state index contributed by atoms with van der Waals surface area (Å²) >= 11 is 0. The van der Waals surface area contributed by atoms with E-state index >= 15 is 0 Å². The zero-order valence-electron chi connectivity index (χ0n) is 16.8. The molecule has 0 aliphatic heterocycles. The maximum absolute atomic E-state index is 13.6. The van der Waals surface area contributed by atoms with Crippen LogP contribution in [0, 0.1) is 25.5 Å². The number of halogens is 2. The summed E-state index contributed by atoms with van der Waals surface area (Å²) in [5.74, 6) is -2.58. The number of rotatable bonds is 5. The number of benzene rings is 2. The molecule has 1 aliphatic rings. The Hall–Kier alpha value is -2.28. The molecule has 29 heavy (non-hydrogen) atoms. The highest BCUT2D eigenvalue weighted by molar-refractivity contribution is 7.93. The third-order valence-electron chi connectivity index (χ3n) is 5.76. The fourth-order valence-corrected chi connectivity index (χ4v) is 6.35. The highest BCUT2D eigenvalue weighted by Crippen LogP contribution is 2.42. The van der Waals surface area contributed by atoms with Crippen molar-refractivity contribution in [2.45, 2.75) is 62.1 Å². The smallest absolute Gasteiger partial charge is 0.242 e. The van der Waals surface area contributed by atoms with Gasteiger partial charge in [-0.05, 0) is 68.5 Å². The lowest BCUT2D eigenvalue weighted by Crippen LogP contribution is -2.51. The molecule has 1 amide bonds. The summed E-state index contributed by atoms with van der Waals surface area (Å²) in [6.45, 7) is 5.15. The van der Waals surface area contributed by atoms with Crippen molar-refractivity contribution in [1.29, 1.82) is 0 Å². The quantitative estimate of drug-likeness (QED) is 0.771. The van der Waals surface area contributed by atoms with E-state index in [0.29, 0.717) is 24.0 Å². The summed E-state index contributed by atoms with van der Waals surface area (Å²) < 4.78 is 52.4. The fourth-order valence-electron chi connectivity index (χ4n) is 3.96. The van der Waals surface area contributed by atoms with Crippen LogP contribution in [0.4, 0.5) is 8.78 Å². The van der Waals surface area contributed by atoms with Crippen LogP contribution in [0.1, 0.15) is 55.3 Å². The van der Waals surface area contributed by atoms with Gasteiger partial charge >= 0.3 is 0 Å².